The smallest absolute Gasteiger partial charge is 0.255 e. The molecule has 0 radical (unpaired) electrons. The maximum Gasteiger partial charge on any atom is 0.255 e. The van der Waals surface area contributed by atoms with Crippen LogP contribution in [0.2, 0.25) is 0 Å². The third kappa shape index (κ3) is 5.46. The van der Waals surface area contributed by atoms with E-state index in [9.17, 15) is 4.79 Å². The third-order valence-electron chi connectivity index (χ3n) is 5.40. The van der Waals surface area contributed by atoms with Crippen molar-refractivity contribution in [1.29, 1.82) is 0 Å². The van der Waals surface area contributed by atoms with Gasteiger partial charge in [-0.2, -0.15) is 0 Å². The fraction of sp³-hybridized carbons (Fsp3) is 0.296. The zero-order chi connectivity index (χ0) is 22.5. The number of benzene rings is 3. The molecule has 0 aromatic heterocycles. The summed E-state index contributed by atoms with van der Waals surface area (Å²) < 4.78 is 11.9. The maximum absolute atomic E-state index is 12.9. The molecule has 0 aliphatic carbocycles. The van der Waals surface area contributed by atoms with Gasteiger partial charge in [0.1, 0.15) is 18.1 Å². The Hall–Kier alpha value is -3.27. The van der Waals surface area contributed by atoms with Crippen molar-refractivity contribution in [3.8, 4) is 11.5 Å². The van der Waals surface area contributed by atoms with E-state index in [1.54, 1.807) is 6.07 Å². The van der Waals surface area contributed by atoms with E-state index < -0.39 is 0 Å². The summed E-state index contributed by atoms with van der Waals surface area (Å²) in [6, 6.07) is 15.6. The Balaban J connectivity index is 1.84. The number of nitrogens with one attached hydrogen (secondary N) is 1. The van der Waals surface area contributed by atoms with E-state index >= 15 is 0 Å². The highest BCUT2D eigenvalue weighted by molar-refractivity contribution is 6.04. The molecule has 3 rings (SSSR count). The molecule has 4 nitrogen and oxygen atoms in total. The van der Waals surface area contributed by atoms with Crippen molar-refractivity contribution in [3.05, 3.63) is 87.5 Å². The number of hydrogen-bond acceptors (Lipinski definition) is 3. The van der Waals surface area contributed by atoms with Crippen LogP contribution < -0.4 is 14.8 Å². The van der Waals surface area contributed by atoms with Crippen molar-refractivity contribution in [3.63, 3.8) is 0 Å². The Kier molecular flexibility index (Phi) is 7.01. The molecule has 0 spiro atoms. The Labute approximate surface area is 185 Å². The molecular formula is C27H31NO3. The molecule has 4 heteroatoms. The second-order valence-corrected chi connectivity index (χ2v) is 8.02. The van der Waals surface area contributed by atoms with Gasteiger partial charge in [0.05, 0.1) is 6.61 Å². The summed E-state index contributed by atoms with van der Waals surface area (Å²) in [6.45, 7) is 13.0. The van der Waals surface area contributed by atoms with E-state index in [-0.39, 0.29) is 5.91 Å². The summed E-state index contributed by atoms with van der Waals surface area (Å²) >= 11 is 0. The zero-order valence-corrected chi connectivity index (χ0v) is 19.3. The first-order valence-corrected chi connectivity index (χ1v) is 10.6. The fourth-order valence-corrected chi connectivity index (χ4v) is 3.58. The Morgan fingerprint density at radius 2 is 1.55 bits per heavy atom. The van der Waals surface area contributed by atoms with E-state index in [0.717, 1.165) is 45.0 Å². The molecule has 0 atom stereocenters. The van der Waals surface area contributed by atoms with E-state index in [2.05, 4.69) is 38.2 Å². The molecule has 162 valence electrons. The van der Waals surface area contributed by atoms with Gasteiger partial charge in [-0.3, -0.25) is 4.79 Å². The van der Waals surface area contributed by atoms with Crippen LogP contribution in [-0.4, -0.2) is 12.5 Å². The number of aryl methyl sites for hydroxylation is 4. The highest BCUT2D eigenvalue weighted by Gasteiger charge is 2.13. The average Bonchev–Trinajstić information content (AvgIpc) is 2.72. The van der Waals surface area contributed by atoms with Crippen molar-refractivity contribution in [1.82, 2.24) is 0 Å². The van der Waals surface area contributed by atoms with Gasteiger partial charge in [-0.1, -0.05) is 23.8 Å². The van der Waals surface area contributed by atoms with Crippen LogP contribution in [0.5, 0.6) is 11.5 Å². The molecule has 0 saturated heterocycles. The number of rotatable bonds is 7. The molecule has 0 aliphatic rings. The normalized spacial score (nSPS) is 10.6. The standard InChI is InChI=1S/C27H31NO3/c1-7-30-25-11-9-22(27(29)28-24-10-8-17(2)12-20(24)5)15-23(25)16-31-26-14-18(3)13-19(4)21(26)6/h8-15H,7,16H2,1-6H3,(H,28,29). The highest BCUT2D eigenvalue weighted by atomic mass is 16.5. The summed E-state index contributed by atoms with van der Waals surface area (Å²) in [5.41, 5.74) is 7.89. The number of carbonyl (C=O) groups excluding carboxylic acids is 1. The van der Waals surface area contributed by atoms with Gasteiger partial charge in [0.25, 0.3) is 5.91 Å². The van der Waals surface area contributed by atoms with Crippen LogP contribution in [0, 0.1) is 34.6 Å². The van der Waals surface area contributed by atoms with Crippen molar-refractivity contribution in [2.24, 2.45) is 0 Å². The molecule has 3 aromatic rings. The summed E-state index contributed by atoms with van der Waals surface area (Å²) in [5.74, 6) is 1.43. The first-order valence-electron chi connectivity index (χ1n) is 10.6. The lowest BCUT2D eigenvalue weighted by Gasteiger charge is -2.16. The largest absolute Gasteiger partial charge is 0.493 e. The molecule has 3 aromatic carbocycles. The average molecular weight is 418 g/mol. The first-order chi connectivity index (χ1) is 14.8. The fourth-order valence-electron chi connectivity index (χ4n) is 3.58. The van der Waals surface area contributed by atoms with Crippen molar-refractivity contribution in [2.45, 2.75) is 48.1 Å². The predicted molar refractivity (Wildman–Crippen MR) is 126 cm³/mol. The summed E-state index contributed by atoms with van der Waals surface area (Å²) in [7, 11) is 0. The minimum Gasteiger partial charge on any atom is -0.493 e. The zero-order valence-electron chi connectivity index (χ0n) is 19.3. The molecule has 0 aliphatic heterocycles. The maximum atomic E-state index is 12.9. The van der Waals surface area contributed by atoms with Gasteiger partial charge in [-0.15, -0.1) is 0 Å². The van der Waals surface area contributed by atoms with Gasteiger partial charge >= 0.3 is 0 Å². The summed E-state index contributed by atoms with van der Waals surface area (Å²) in [4.78, 5) is 12.9. The lowest BCUT2D eigenvalue weighted by molar-refractivity contribution is 0.102. The van der Waals surface area contributed by atoms with Crippen molar-refractivity contribution >= 4 is 11.6 Å². The Bertz CT molecular complexity index is 1100. The molecule has 0 unspecified atom stereocenters. The minimum atomic E-state index is -0.154. The number of carbonyl (C=O) groups is 1. The quantitative estimate of drug-likeness (QED) is 0.480. The number of ether oxygens (including phenoxy) is 2. The van der Waals surface area contributed by atoms with Crippen LogP contribution in [-0.2, 0) is 6.61 Å². The van der Waals surface area contributed by atoms with E-state index in [0.29, 0.717) is 18.8 Å². The topological polar surface area (TPSA) is 47.6 Å². The second-order valence-electron chi connectivity index (χ2n) is 8.02. The molecule has 1 N–H and O–H groups in total. The molecule has 1 amide bonds. The monoisotopic (exact) mass is 417 g/mol. The molecule has 31 heavy (non-hydrogen) atoms. The van der Waals surface area contributed by atoms with Gasteiger partial charge in [0, 0.05) is 16.8 Å². The van der Waals surface area contributed by atoms with Crippen LogP contribution in [0.1, 0.15) is 50.7 Å². The van der Waals surface area contributed by atoms with Crippen LogP contribution in [0.15, 0.2) is 48.5 Å². The van der Waals surface area contributed by atoms with E-state index in [1.807, 2.05) is 51.1 Å². The number of anilines is 1. The van der Waals surface area contributed by atoms with Gasteiger partial charge in [-0.25, -0.2) is 0 Å². The number of amides is 1. The van der Waals surface area contributed by atoms with Gasteiger partial charge < -0.3 is 14.8 Å². The Morgan fingerprint density at radius 3 is 2.26 bits per heavy atom. The molecule has 0 fully saturated rings. The van der Waals surface area contributed by atoms with Gasteiger partial charge in [-0.05, 0) is 94.1 Å². The SMILES string of the molecule is CCOc1ccc(C(=O)Nc2ccc(C)cc2C)cc1COc1cc(C)cc(C)c1C. The first kappa shape index (κ1) is 22.4. The Morgan fingerprint density at radius 1 is 0.806 bits per heavy atom. The van der Waals surface area contributed by atoms with Gasteiger partial charge in [0.15, 0.2) is 0 Å². The van der Waals surface area contributed by atoms with Crippen LogP contribution in [0.4, 0.5) is 5.69 Å². The van der Waals surface area contributed by atoms with Crippen LogP contribution in [0.25, 0.3) is 0 Å². The van der Waals surface area contributed by atoms with Gasteiger partial charge in [0.2, 0.25) is 0 Å². The molecular weight excluding hydrogens is 386 g/mol. The predicted octanol–water partition coefficient (Wildman–Crippen LogP) is 6.46. The lowest BCUT2D eigenvalue weighted by atomic mass is 10.1. The summed E-state index contributed by atoms with van der Waals surface area (Å²) in [6.07, 6.45) is 0. The van der Waals surface area contributed by atoms with E-state index in [1.165, 1.54) is 5.56 Å². The van der Waals surface area contributed by atoms with Crippen molar-refractivity contribution < 1.29 is 14.3 Å². The molecule has 0 heterocycles. The molecule has 0 bridgehead atoms. The van der Waals surface area contributed by atoms with Crippen LogP contribution >= 0.6 is 0 Å². The lowest BCUT2D eigenvalue weighted by Crippen LogP contribution is -2.14. The minimum absolute atomic E-state index is 0.154. The van der Waals surface area contributed by atoms with Crippen LogP contribution in [0.3, 0.4) is 0 Å². The number of hydrogen-bond donors (Lipinski definition) is 1. The summed E-state index contributed by atoms with van der Waals surface area (Å²) in [5, 5.41) is 3.01. The van der Waals surface area contributed by atoms with E-state index in [4.69, 9.17) is 9.47 Å². The second kappa shape index (κ2) is 9.69. The highest BCUT2D eigenvalue weighted by Crippen LogP contribution is 2.27. The third-order valence-corrected chi connectivity index (χ3v) is 5.40. The van der Waals surface area contributed by atoms with Crippen molar-refractivity contribution in [2.75, 3.05) is 11.9 Å². The molecule has 0 saturated carbocycles.